The Bertz CT molecular complexity index is 633. The second-order valence-electron chi connectivity index (χ2n) is 4.63. The summed E-state index contributed by atoms with van der Waals surface area (Å²) in [5, 5.41) is 4.11. The van der Waals surface area contributed by atoms with Crippen molar-refractivity contribution in [3.05, 3.63) is 34.7 Å². The number of anilines is 2. The Labute approximate surface area is 118 Å². The van der Waals surface area contributed by atoms with Gasteiger partial charge in [-0.3, -0.25) is 0 Å². The van der Waals surface area contributed by atoms with E-state index in [1.807, 2.05) is 18.2 Å². The molecule has 5 nitrogen and oxygen atoms in total. The Morgan fingerprint density at radius 3 is 2.65 bits per heavy atom. The van der Waals surface area contributed by atoms with Gasteiger partial charge in [0.1, 0.15) is 11.3 Å². The second kappa shape index (κ2) is 6.43. The number of hydrogen-bond donors (Lipinski definition) is 2. The third-order valence-corrected chi connectivity index (χ3v) is 3.47. The molecule has 0 radical (unpaired) electrons. The lowest BCUT2D eigenvalue weighted by atomic mass is 10.2. The minimum atomic E-state index is -0.492. The van der Waals surface area contributed by atoms with Crippen molar-refractivity contribution in [3.8, 4) is 0 Å². The Kier molecular flexibility index (Phi) is 4.63. The van der Waals surface area contributed by atoms with Gasteiger partial charge in [0.2, 0.25) is 0 Å². The number of para-hydroxylation sites is 1. The van der Waals surface area contributed by atoms with E-state index in [2.05, 4.69) is 24.1 Å². The molecular formula is C15H21N3O2. The second-order valence-corrected chi connectivity index (χ2v) is 4.63. The van der Waals surface area contributed by atoms with Gasteiger partial charge in [0.05, 0.1) is 5.69 Å². The first-order valence-electron chi connectivity index (χ1n) is 6.94. The summed E-state index contributed by atoms with van der Waals surface area (Å²) in [7, 11) is 0. The molecule has 0 spiro atoms. The monoisotopic (exact) mass is 275 g/mol. The summed E-state index contributed by atoms with van der Waals surface area (Å²) in [6, 6.07) is 7.40. The Hall–Kier alpha value is -2.01. The van der Waals surface area contributed by atoms with Crippen LogP contribution in [-0.4, -0.2) is 31.1 Å². The van der Waals surface area contributed by atoms with Crippen LogP contribution in [-0.2, 0) is 0 Å². The van der Waals surface area contributed by atoms with Crippen molar-refractivity contribution in [2.75, 3.05) is 37.2 Å². The molecule has 5 heteroatoms. The summed E-state index contributed by atoms with van der Waals surface area (Å²) in [5.41, 5.74) is 6.72. The van der Waals surface area contributed by atoms with E-state index in [1.165, 1.54) is 0 Å². The quantitative estimate of drug-likeness (QED) is 0.790. The number of nitrogen functional groups attached to an aromatic ring is 1. The zero-order valence-electron chi connectivity index (χ0n) is 12.0. The van der Waals surface area contributed by atoms with Crippen molar-refractivity contribution >= 4 is 22.3 Å². The fraction of sp³-hybridized carbons (Fsp3) is 0.400. The Balaban J connectivity index is 2.24. The van der Waals surface area contributed by atoms with Gasteiger partial charge in [0, 0.05) is 18.5 Å². The molecule has 0 atom stereocenters. The molecule has 0 unspecified atom stereocenters. The van der Waals surface area contributed by atoms with E-state index in [9.17, 15) is 4.79 Å². The average molecular weight is 275 g/mol. The van der Waals surface area contributed by atoms with E-state index in [0.717, 1.165) is 31.6 Å². The average Bonchev–Trinajstić information content (AvgIpc) is 2.47. The van der Waals surface area contributed by atoms with Crippen molar-refractivity contribution in [3.63, 3.8) is 0 Å². The summed E-state index contributed by atoms with van der Waals surface area (Å²) in [6.45, 7) is 7.91. The molecule has 3 N–H and O–H groups in total. The number of benzene rings is 1. The largest absolute Gasteiger partial charge is 0.421 e. The van der Waals surface area contributed by atoms with Crippen LogP contribution < -0.4 is 16.7 Å². The van der Waals surface area contributed by atoms with Crippen LogP contribution in [0.2, 0.25) is 0 Å². The molecule has 2 aromatic rings. The van der Waals surface area contributed by atoms with Gasteiger partial charge in [0.25, 0.3) is 0 Å². The summed E-state index contributed by atoms with van der Waals surface area (Å²) in [5.74, 6) is 0. The highest BCUT2D eigenvalue weighted by atomic mass is 16.4. The van der Waals surface area contributed by atoms with Gasteiger partial charge in [-0.1, -0.05) is 26.0 Å². The highest BCUT2D eigenvalue weighted by Crippen LogP contribution is 2.26. The lowest BCUT2D eigenvalue weighted by molar-refractivity contribution is 0.316. The number of nitrogens with one attached hydrogen (secondary N) is 1. The maximum Gasteiger partial charge on any atom is 0.361 e. The van der Waals surface area contributed by atoms with Crippen LogP contribution in [0.25, 0.3) is 11.0 Å². The number of nitrogens with two attached hydrogens (primary N) is 1. The van der Waals surface area contributed by atoms with E-state index >= 15 is 0 Å². The summed E-state index contributed by atoms with van der Waals surface area (Å²) < 4.78 is 5.17. The van der Waals surface area contributed by atoms with Crippen LogP contribution in [0, 0.1) is 0 Å². The number of hydrogen-bond acceptors (Lipinski definition) is 5. The van der Waals surface area contributed by atoms with Crippen LogP contribution in [0.5, 0.6) is 0 Å². The minimum Gasteiger partial charge on any atom is -0.421 e. The van der Waals surface area contributed by atoms with Crippen molar-refractivity contribution in [1.82, 2.24) is 4.90 Å². The molecule has 20 heavy (non-hydrogen) atoms. The molecule has 0 bridgehead atoms. The third kappa shape index (κ3) is 2.93. The fourth-order valence-electron chi connectivity index (χ4n) is 2.23. The zero-order chi connectivity index (χ0) is 14.5. The topological polar surface area (TPSA) is 71.5 Å². The standard InChI is InChI=1S/C15H21N3O2/c1-3-18(4-2)10-9-17-14-11-7-5-6-8-12(11)20-15(19)13(14)16/h5-8,17H,3-4,9-10,16H2,1-2H3. The number of nitrogens with zero attached hydrogens (tertiary/aromatic N) is 1. The summed E-state index contributed by atoms with van der Waals surface area (Å²) in [4.78, 5) is 14.0. The Morgan fingerprint density at radius 2 is 1.95 bits per heavy atom. The molecule has 0 saturated carbocycles. The zero-order valence-corrected chi connectivity index (χ0v) is 12.0. The lowest BCUT2D eigenvalue weighted by Gasteiger charge is -2.19. The first-order chi connectivity index (χ1) is 9.67. The highest BCUT2D eigenvalue weighted by molar-refractivity contribution is 5.95. The lowest BCUT2D eigenvalue weighted by Crippen LogP contribution is -2.29. The number of rotatable bonds is 6. The molecule has 1 aromatic carbocycles. The molecule has 108 valence electrons. The molecule has 0 aliphatic rings. The van der Waals surface area contributed by atoms with Gasteiger partial charge in [-0.25, -0.2) is 4.79 Å². The molecule has 0 amide bonds. The smallest absolute Gasteiger partial charge is 0.361 e. The predicted octanol–water partition coefficient (Wildman–Crippen LogP) is 2.13. The van der Waals surface area contributed by atoms with E-state index in [-0.39, 0.29) is 5.69 Å². The van der Waals surface area contributed by atoms with E-state index in [0.29, 0.717) is 11.3 Å². The van der Waals surface area contributed by atoms with Crippen LogP contribution in [0.4, 0.5) is 11.4 Å². The molecule has 0 aliphatic carbocycles. The van der Waals surface area contributed by atoms with Crippen LogP contribution in [0.1, 0.15) is 13.8 Å². The SMILES string of the molecule is CCN(CC)CCNc1c(N)c(=O)oc2ccccc12. The highest BCUT2D eigenvalue weighted by Gasteiger charge is 2.11. The number of likely N-dealkylation sites (N-methyl/N-ethyl adjacent to an activating group) is 1. The van der Waals surface area contributed by atoms with E-state index in [1.54, 1.807) is 6.07 Å². The molecule has 2 rings (SSSR count). The van der Waals surface area contributed by atoms with Gasteiger partial charge in [0.15, 0.2) is 0 Å². The van der Waals surface area contributed by atoms with Gasteiger partial charge in [-0.15, -0.1) is 0 Å². The van der Waals surface area contributed by atoms with Crippen LogP contribution in [0.15, 0.2) is 33.5 Å². The fourth-order valence-corrected chi connectivity index (χ4v) is 2.23. The summed E-state index contributed by atoms with van der Waals surface area (Å²) in [6.07, 6.45) is 0. The van der Waals surface area contributed by atoms with Crippen molar-refractivity contribution in [2.45, 2.75) is 13.8 Å². The van der Waals surface area contributed by atoms with E-state index in [4.69, 9.17) is 10.2 Å². The van der Waals surface area contributed by atoms with Crippen molar-refractivity contribution in [2.24, 2.45) is 0 Å². The van der Waals surface area contributed by atoms with Crippen molar-refractivity contribution < 1.29 is 4.42 Å². The maximum absolute atomic E-state index is 11.7. The van der Waals surface area contributed by atoms with Gasteiger partial charge >= 0.3 is 5.63 Å². The molecule has 1 heterocycles. The van der Waals surface area contributed by atoms with E-state index < -0.39 is 5.63 Å². The Morgan fingerprint density at radius 1 is 1.25 bits per heavy atom. The normalized spacial score (nSPS) is 11.2. The molecule has 1 aromatic heterocycles. The van der Waals surface area contributed by atoms with Gasteiger partial charge in [-0.2, -0.15) is 0 Å². The third-order valence-electron chi connectivity index (χ3n) is 3.47. The van der Waals surface area contributed by atoms with Crippen molar-refractivity contribution in [1.29, 1.82) is 0 Å². The first-order valence-corrected chi connectivity index (χ1v) is 6.94. The van der Waals surface area contributed by atoms with Crippen LogP contribution in [0.3, 0.4) is 0 Å². The van der Waals surface area contributed by atoms with Gasteiger partial charge < -0.3 is 20.4 Å². The molecule has 0 fully saturated rings. The first kappa shape index (κ1) is 14.4. The van der Waals surface area contributed by atoms with Crippen LogP contribution >= 0.6 is 0 Å². The minimum absolute atomic E-state index is 0.142. The predicted molar refractivity (Wildman–Crippen MR) is 83.2 cm³/mol. The molecular weight excluding hydrogens is 254 g/mol. The maximum atomic E-state index is 11.7. The molecule has 0 saturated heterocycles. The number of fused-ring (bicyclic) bond motifs is 1. The molecule has 0 aliphatic heterocycles. The summed E-state index contributed by atoms with van der Waals surface area (Å²) >= 11 is 0. The van der Waals surface area contributed by atoms with Gasteiger partial charge in [-0.05, 0) is 25.2 Å².